The quantitative estimate of drug-likeness (QED) is 0.798. The van der Waals surface area contributed by atoms with E-state index < -0.39 is 10.0 Å². The summed E-state index contributed by atoms with van der Waals surface area (Å²) in [4.78, 5) is 0. The molecular formula is C14H22N2O2S. The van der Waals surface area contributed by atoms with Gasteiger partial charge in [-0.2, -0.15) is 0 Å². The van der Waals surface area contributed by atoms with Gasteiger partial charge in [0.1, 0.15) is 0 Å². The van der Waals surface area contributed by atoms with Crippen LogP contribution in [0.2, 0.25) is 0 Å². The summed E-state index contributed by atoms with van der Waals surface area (Å²) < 4.78 is 26.7. The van der Waals surface area contributed by atoms with E-state index in [0.29, 0.717) is 24.9 Å². The van der Waals surface area contributed by atoms with Gasteiger partial charge in [0.15, 0.2) is 0 Å². The predicted molar refractivity (Wildman–Crippen MR) is 76.8 cm³/mol. The maximum Gasteiger partial charge on any atom is 0.215 e. The van der Waals surface area contributed by atoms with Crippen LogP contribution < -0.4 is 10.5 Å². The maximum atomic E-state index is 12.0. The van der Waals surface area contributed by atoms with Gasteiger partial charge in [0.25, 0.3) is 0 Å². The maximum absolute atomic E-state index is 12.0. The van der Waals surface area contributed by atoms with Gasteiger partial charge in [0, 0.05) is 13.1 Å². The number of nitrogens with two attached hydrogens (primary N) is 1. The summed E-state index contributed by atoms with van der Waals surface area (Å²) in [7, 11) is -3.25. The van der Waals surface area contributed by atoms with Crippen LogP contribution in [0.1, 0.15) is 30.9 Å². The zero-order chi connectivity index (χ0) is 13.9. The Balaban J connectivity index is 1.91. The molecule has 1 aliphatic carbocycles. The van der Waals surface area contributed by atoms with Crippen LogP contribution in [-0.4, -0.2) is 15.0 Å². The lowest BCUT2D eigenvalue weighted by Gasteiger charge is -2.12. The standard InChI is InChI=1S/C14H22N2O2S/c1-11(14-5-6-14)9-16-19(17,18)10-13-4-2-3-12(7-13)8-15/h2-4,7,11,14,16H,5-6,8-10,15H2,1H3. The molecule has 1 aromatic rings. The molecule has 1 saturated carbocycles. The van der Waals surface area contributed by atoms with Crippen molar-refractivity contribution in [3.8, 4) is 0 Å². The van der Waals surface area contributed by atoms with Crippen LogP contribution in [0.3, 0.4) is 0 Å². The molecule has 0 radical (unpaired) electrons. The van der Waals surface area contributed by atoms with E-state index in [1.807, 2.05) is 24.3 Å². The van der Waals surface area contributed by atoms with Crippen molar-refractivity contribution in [1.82, 2.24) is 4.72 Å². The van der Waals surface area contributed by atoms with Crippen molar-refractivity contribution in [1.29, 1.82) is 0 Å². The Bertz CT molecular complexity index is 524. The molecule has 3 N–H and O–H groups in total. The highest BCUT2D eigenvalue weighted by molar-refractivity contribution is 7.88. The molecule has 1 unspecified atom stereocenters. The van der Waals surface area contributed by atoms with Crippen LogP contribution in [0.4, 0.5) is 0 Å². The van der Waals surface area contributed by atoms with Gasteiger partial charge in [-0.25, -0.2) is 13.1 Å². The molecule has 1 aliphatic rings. The highest BCUT2D eigenvalue weighted by atomic mass is 32.2. The number of benzene rings is 1. The largest absolute Gasteiger partial charge is 0.326 e. The molecule has 0 bridgehead atoms. The molecule has 0 aliphatic heterocycles. The number of sulfonamides is 1. The summed E-state index contributed by atoms with van der Waals surface area (Å²) in [6.45, 7) is 3.08. The zero-order valence-corrected chi connectivity index (χ0v) is 12.1. The average molecular weight is 282 g/mol. The van der Waals surface area contributed by atoms with Gasteiger partial charge in [0.2, 0.25) is 10.0 Å². The molecule has 0 amide bonds. The lowest BCUT2D eigenvalue weighted by Crippen LogP contribution is -2.30. The van der Waals surface area contributed by atoms with Crippen molar-refractivity contribution in [2.75, 3.05) is 6.54 Å². The minimum absolute atomic E-state index is 0.0260. The first kappa shape index (κ1) is 14.5. The SMILES string of the molecule is CC(CNS(=O)(=O)Cc1cccc(CN)c1)C1CC1. The van der Waals surface area contributed by atoms with Crippen molar-refractivity contribution < 1.29 is 8.42 Å². The molecule has 0 spiro atoms. The lowest BCUT2D eigenvalue weighted by molar-refractivity contribution is 0.491. The summed E-state index contributed by atoms with van der Waals surface area (Å²) in [5.74, 6) is 1.17. The third kappa shape index (κ3) is 4.60. The predicted octanol–water partition coefficient (Wildman–Crippen LogP) is 1.61. The van der Waals surface area contributed by atoms with Crippen molar-refractivity contribution in [2.45, 2.75) is 32.1 Å². The Kier molecular flexibility index (Phi) is 4.60. The molecule has 1 atom stereocenters. The molecule has 0 aromatic heterocycles. The van der Waals surface area contributed by atoms with Gasteiger partial charge < -0.3 is 5.73 Å². The van der Waals surface area contributed by atoms with E-state index in [4.69, 9.17) is 5.73 Å². The second kappa shape index (κ2) is 6.03. The van der Waals surface area contributed by atoms with Crippen LogP contribution in [-0.2, 0) is 22.3 Å². The smallest absolute Gasteiger partial charge is 0.215 e. The fraction of sp³-hybridized carbons (Fsp3) is 0.571. The molecule has 0 saturated heterocycles. The van der Waals surface area contributed by atoms with Crippen LogP contribution >= 0.6 is 0 Å². The molecule has 0 heterocycles. The van der Waals surface area contributed by atoms with Crippen LogP contribution in [0.25, 0.3) is 0 Å². The van der Waals surface area contributed by atoms with Crippen molar-refractivity contribution >= 4 is 10.0 Å². The molecule has 4 nitrogen and oxygen atoms in total. The van der Waals surface area contributed by atoms with Crippen LogP contribution in [0.5, 0.6) is 0 Å². The molecule has 19 heavy (non-hydrogen) atoms. The fourth-order valence-electron chi connectivity index (χ4n) is 2.21. The van der Waals surface area contributed by atoms with E-state index in [1.165, 1.54) is 12.8 Å². The molecule has 2 rings (SSSR count). The third-order valence-electron chi connectivity index (χ3n) is 3.64. The number of rotatable bonds is 7. The Labute approximate surface area is 115 Å². The molecule has 106 valence electrons. The van der Waals surface area contributed by atoms with Gasteiger partial charge in [-0.1, -0.05) is 31.2 Å². The first-order valence-corrected chi connectivity index (χ1v) is 8.40. The lowest BCUT2D eigenvalue weighted by atomic mass is 10.1. The van der Waals surface area contributed by atoms with E-state index in [2.05, 4.69) is 11.6 Å². The van der Waals surface area contributed by atoms with E-state index in [0.717, 1.165) is 11.1 Å². The number of hydrogen-bond acceptors (Lipinski definition) is 3. The monoisotopic (exact) mass is 282 g/mol. The fourth-order valence-corrected chi connectivity index (χ4v) is 3.44. The minimum Gasteiger partial charge on any atom is -0.326 e. The molecule has 1 aromatic carbocycles. The summed E-state index contributed by atoms with van der Waals surface area (Å²) >= 11 is 0. The summed E-state index contributed by atoms with van der Waals surface area (Å²) in [6.07, 6.45) is 2.48. The highest BCUT2D eigenvalue weighted by Gasteiger charge is 2.28. The Morgan fingerprint density at radius 3 is 2.68 bits per heavy atom. The Hall–Kier alpha value is -0.910. The van der Waals surface area contributed by atoms with E-state index in [-0.39, 0.29) is 5.75 Å². The summed E-state index contributed by atoms with van der Waals surface area (Å²) in [5.41, 5.74) is 7.30. The first-order valence-electron chi connectivity index (χ1n) is 6.75. The summed E-state index contributed by atoms with van der Waals surface area (Å²) in [5, 5.41) is 0. The van der Waals surface area contributed by atoms with Gasteiger partial charge in [-0.15, -0.1) is 0 Å². The normalized spacial score (nSPS) is 17.4. The highest BCUT2D eigenvalue weighted by Crippen LogP contribution is 2.36. The molecule has 1 fully saturated rings. The topological polar surface area (TPSA) is 72.2 Å². The van der Waals surface area contributed by atoms with Crippen LogP contribution in [0, 0.1) is 11.8 Å². The number of hydrogen-bond donors (Lipinski definition) is 2. The van der Waals surface area contributed by atoms with E-state index in [9.17, 15) is 8.42 Å². The van der Waals surface area contributed by atoms with Crippen LogP contribution in [0.15, 0.2) is 24.3 Å². The van der Waals surface area contributed by atoms with Gasteiger partial charge in [0.05, 0.1) is 5.75 Å². The number of nitrogens with one attached hydrogen (secondary N) is 1. The zero-order valence-electron chi connectivity index (χ0n) is 11.3. The van der Waals surface area contributed by atoms with E-state index in [1.54, 1.807) is 0 Å². The van der Waals surface area contributed by atoms with Crippen molar-refractivity contribution in [2.24, 2.45) is 17.6 Å². The second-order valence-electron chi connectivity index (χ2n) is 5.45. The minimum atomic E-state index is -3.25. The second-order valence-corrected chi connectivity index (χ2v) is 7.25. The molecule has 5 heteroatoms. The van der Waals surface area contributed by atoms with Gasteiger partial charge in [-0.05, 0) is 35.8 Å². The van der Waals surface area contributed by atoms with Gasteiger partial charge in [-0.3, -0.25) is 0 Å². The Morgan fingerprint density at radius 2 is 2.05 bits per heavy atom. The van der Waals surface area contributed by atoms with Gasteiger partial charge >= 0.3 is 0 Å². The van der Waals surface area contributed by atoms with Crippen molar-refractivity contribution in [3.05, 3.63) is 35.4 Å². The average Bonchev–Trinajstić information content (AvgIpc) is 3.20. The first-order chi connectivity index (χ1) is 9.00. The van der Waals surface area contributed by atoms with Crippen molar-refractivity contribution in [3.63, 3.8) is 0 Å². The Morgan fingerprint density at radius 1 is 1.37 bits per heavy atom. The molecular weight excluding hydrogens is 260 g/mol. The van der Waals surface area contributed by atoms with E-state index >= 15 is 0 Å². The summed E-state index contributed by atoms with van der Waals surface area (Å²) in [6, 6.07) is 7.42. The third-order valence-corrected chi connectivity index (χ3v) is 4.96.